The van der Waals surface area contributed by atoms with Crippen LogP contribution in [0.4, 0.5) is 11.4 Å². The Bertz CT molecular complexity index is 1570. The number of hydrogen-bond acceptors (Lipinski definition) is 5. The second-order valence-electron chi connectivity index (χ2n) is 12.1. The fourth-order valence-electron chi connectivity index (χ4n) is 6.66. The molecule has 2 aromatic carbocycles. The van der Waals surface area contributed by atoms with Crippen LogP contribution in [-0.2, 0) is 25.7 Å². The van der Waals surface area contributed by atoms with Crippen LogP contribution in [0.1, 0.15) is 77.3 Å². The quantitative estimate of drug-likeness (QED) is 0.110. The number of para-hydroxylation sites is 2. The predicted molar refractivity (Wildman–Crippen MR) is 172 cm³/mol. The fourth-order valence-corrected chi connectivity index (χ4v) is 7.22. The summed E-state index contributed by atoms with van der Waals surface area (Å²) in [6.45, 7) is 10.3. The normalized spacial score (nSPS) is 20.5. The summed E-state index contributed by atoms with van der Waals surface area (Å²) in [6.07, 6.45) is 14.0. The molecule has 2 aliphatic heterocycles. The second-order valence-corrected chi connectivity index (χ2v) is 13.7. The third-order valence-electron chi connectivity index (χ3n) is 8.83. The van der Waals surface area contributed by atoms with Gasteiger partial charge in [-0.1, -0.05) is 61.0 Å². The van der Waals surface area contributed by atoms with Gasteiger partial charge in [0.1, 0.15) is 6.54 Å². The van der Waals surface area contributed by atoms with Gasteiger partial charge in [0, 0.05) is 59.6 Å². The van der Waals surface area contributed by atoms with Gasteiger partial charge >= 0.3 is 5.97 Å². The van der Waals surface area contributed by atoms with E-state index in [2.05, 4.69) is 97.9 Å². The molecule has 0 spiro atoms. The molecule has 43 heavy (non-hydrogen) atoms. The van der Waals surface area contributed by atoms with Crippen molar-refractivity contribution in [1.82, 2.24) is 0 Å². The van der Waals surface area contributed by atoms with Crippen LogP contribution in [0, 0.1) is 0 Å². The predicted octanol–water partition coefficient (Wildman–Crippen LogP) is 6.83. The molecule has 2 aliphatic rings. The van der Waals surface area contributed by atoms with Gasteiger partial charge in [0.2, 0.25) is 5.69 Å². The topological polar surface area (TPSA) is 101 Å². The van der Waals surface area contributed by atoms with Gasteiger partial charge in [-0.25, -0.2) is 8.42 Å². The van der Waals surface area contributed by atoms with Crippen molar-refractivity contribution < 1.29 is 27.4 Å². The summed E-state index contributed by atoms with van der Waals surface area (Å²) in [7, 11) is -4.22. The Balaban J connectivity index is 1.59. The zero-order chi connectivity index (χ0) is 31.3. The molecule has 1 unspecified atom stereocenters. The van der Waals surface area contributed by atoms with Crippen molar-refractivity contribution in [2.45, 2.75) is 77.0 Å². The zero-order valence-electron chi connectivity index (χ0n) is 25.8. The summed E-state index contributed by atoms with van der Waals surface area (Å²) in [5.74, 6) is -1.09. The van der Waals surface area contributed by atoms with Crippen LogP contribution in [0.2, 0.25) is 0 Å². The molecule has 0 amide bonds. The SMILES string of the molecule is CCN1/C(=C/C=C/C=C/C2=[N+](CCCCS(=O)(=O)[O-])c3ccccc3C2(C)C)C(C)(CCCCC(=O)O)c2ccccc21. The summed E-state index contributed by atoms with van der Waals surface area (Å²) in [5, 5.41) is 9.11. The van der Waals surface area contributed by atoms with Gasteiger partial charge in [0.15, 0.2) is 5.71 Å². The van der Waals surface area contributed by atoms with Gasteiger partial charge in [0.05, 0.1) is 15.5 Å². The van der Waals surface area contributed by atoms with E-state index < -0.39 is 16.1 Å². The summed E-state index contributed by atoms with van der Waals surface area (Å²) in [5.41, 5.74) is 6.73. The number of unbranched alkanes of at least 4 members (excludes halogenated alkanes) is 2. The molecule has 1 atom stereocenters. The number of benzene rings is 2. The van der Waals surface area contributed by atoms with Crippen molar-refractivity contribution in [2.75, 3.05) is 23.7 Å². The molecule has 7 nitrogen and oxygen atoms in total. The van der Waals surface area contributed by atoms with Gasteiger partial charge in [0.25, 0.3) is 0 Å². The molecule has 0 fully saturated rings. The Labute approximate surface area is 256 Å². The Morgan fingerprint density at radius 2 is 1.65 bits per heavy atom. The van der Waals surface area contributed by atoms with Crippen molar-refractivity contribution in [1.29, 1.82) is 0 Å². The summed E-state index contributed by atoms with van der Waals surface area (Å²) >= 11 is 0. The standard InChI is InChI=1S/C35H44N2O5S/c1-5-36-30-20-12-10-18-28(30)35(4,24-14-13-23-33(38)39)32(36)22-8-6-7-21-31-34(2,3)27-17-9-11-19-29(27)37(31)25-15-16-26-43(40,41)42/h6-12,17-22H,5,13-16,23-26H2,1-4H3,(H-,38,39,40,41,42). The van der Waals surface area contributed by atoms with Gasteiger partial charge in [-0.05, 0) is 64.7 Å². The lowest BCUT2D eigenvalue weighted by atomic mass is 9.77. The molecule has 2 heterocycles. The molecule has 0 radical (unpaired) electrons. The molecule has 0 aromatic heterocycles. The number of hydrogen-bond donors (Lipinski definition) is 1. The van der Waals surface area contributed by atoms with Gasteiger partial charge in [-0.3, -0.25) is 4.79 Å². The van der Waals surface area contributed by atoms with Crippen LogP contribution >= 0.6 is 0 Å². The summed E-state index contributed by atoms with van der Waals surface area (Å²) < 4.78 is 35.6. The highest BCUT2D eigenvalue weighted by atomic mass is 32.2. The Morgan fingerprint density at radius 3 is 2.35 bits per heavy atom. The highest BCUT2D eigenvalue weighted by Gasteiger charge is 2.44. The van der Waals surface area contributed by atoms with Gasteiger partial charge in [-0.15, -0.1) is 0 Å². The van der Waals surface area contributed by atoms with E-state index in [1.54, 1.807) is 0 Å². The van der Waals surface area contributed by atoms with Crippen LogP contribution < -0.4 is 4.90 Å². The van der Waals surface area contributed by atoms with Crippen LogP contribution in [0.3, 0.4) is 0 Å². The maximum atomic E-state index is 11.1. The third-order valence-corrected chi connectivity index (χ3v) is 9.62. The Hall–Kier alpha value is -3.49. The number of carboxylic acids is 1. The van der Waals surface area contributed by atoms with Crippen LogP contribution in [0.15, 0.2) is 84.6 Å². The maximum absolute atomic E-state index is 11.1. The first-order valence-electron chi connectivity index (χ1n) is 15.2. The minimum Gasteiger partial charge on any atom is -0.748 e. The van der Waals surface area contributed by atoms with Gasteiger partial charge < -0.3 is 14.6 Å². The lowest BCUT2D eigenvalue weighted by molar-refractivity contribution is -0.438. The fraction of sp³-hybridized carbons (Fsp3) is 0.429. The van der Waals surface area contributed by atoms with Crippen molar-refractivity contribution in [3.05, 3.63) is 95.7 Å². The second kappa shape index (κ2) is 13.4. The number of carboxylic acid groups (broad SMARTS) is 1. The molecule has 8 heteroatoms. The minimum atomic E-state index is -4.22. The van der Waals surface area contributed by atoms with E-state index in [-0.39, 0.29) is 23.0 Å². The van der Waals surface area contributed by atoms with E-state index in [0.29, 0.717) is 25.8 Å². The number of rotatable bonds is 14. The van der Waals surface area contributed by atoms with Crippen molar-refractivity contribution in [2.24, 2.45) is 0 Å². The van der Waals surface area contributed by atoms with Crippen LogP contribution in [0.5, 0.6) is 0 Å². The number of fused-ring (bicyclic) bond motifs is 2. The van der Waals surface area contributed by atoms with E-state index in [1.165, 1.54) is 22.5 Å². The van der Waals surface area contributed by atoms with E-state index in [4.69, 9.17) is 5.11 Å². The molecule has 0 bridgehead atoms. The molecule has 1 N–H and O–H groups in total. The number of allylic oxidation sites excluding steroid dienone is 6. The lowest BCUT2D eigenvalue weighted by Gasteiger charge is -2.30. The smallest absolute Gasteiger partial charge is 0.303 e. The monoisotopic (exact) mass is 604 g/mol. The first-order valence-corrected chi connectivity index (χ1v) is 16.8. The molecular formula is C35H44N2O5S. The Morgan fingerprint density at radius 1 is 0.953 bits per heavy atom. The molecule has 4 rings (SSSR count). The molecule has 0 saturated carbocycles. The number of anilines is 1. The van der Waals surface area contributed by atoms with Gasteiger partial charge in [-0.2, -0.15) is 4.58 Å². The van der Waals surface area contributed by atoms with E-state index >= 15 is 0 Å². The third kappa shape index (κ3) is 7.19. The average Bonchev–Trinajstić information content (AvgIpc) is 3.32. The zero-order valence-corrected chi connectivity index (χ0v) is 26.6. The molecule has 2 aromatic rings. The highest BCUT2D eigenvalue weighted by molar-refractivity contribution is 7.85. The first kappa shape index (κ1) is 32.4. The van der Waals surface area contributed by atoms with E-state index in [1.807, 2.05) is 18.2 Å². The van der Waals surface area contributed by atoms with Crippen molar-refractivity contribution >= 4 is 33.2 Å². The van der Waals surface area contributed by atoms with E-state index in [9.17, 15) is 17.8 Å². The highest BCUT2D eigenvalue weighted by Crippen LogP contribution is 2.50. The molecule has 0 saturated heterocycles. The number of carbonyl (C=O) groups is 1. The summed E-state index contributed by atoms with van der Waals surface area (Å²) in [4.78, 5) is 13.4. The molecular weight excluding hydrogens is 560 g/mol. The van der Waals surface area contributed by atoms with E-state index in [0.717, 1.165) is 30.8 Å². The largest absolute Gasteiger partial charge is 0.748 e. The maximum Gasteiger partial charge on any atom is 0.303 e. The minimum absolute atomic E-state index is 0.187. The first-order chi connectivity index (χ1) is 20.4. The Kier molecular flexibility index (Phi) is 10.1. The number of likely N-dealkylation sites (N-methyl/N-ethyl adjacent to an activating group) is 1. The summed E-state index contributed by atoms with van der Waals surface area (Å²) in [6, 6.07) is 16.8. The van der Waals surface area contributed by atoms with Crippen molar-refractivity contribution in [3.63, 3.8) is 0 Å². The molecule has 230 valence electrons. The average molecular weight is 605 g/mol. The van der Waals surface area contributed by atoms with Crippen LogP contribution in [0.25, 0.3) is 0 Å². The molecule has 0 aliphatic carbocycles. The number of nitrogens with zero attached hydrogens (tertiary/aromatic N) is 2. The lowest BCUT2D eigenvalue weighted by Crippen LogP contribution is -2.28. The van der Waals surface area contributed by atoms with Crippen LogP contribution in [-0.4, -0.2) is 53.2 Å². The van der Waals surface area contributed by atoms with Crippen molar-refractivity contribution in [3.8, 4) is 0 Å². The number of aliphatic carboxylic acids is 1.